The summed E-state index contributed by atoms with van der Waals surface area (Å²) < 4.78 is 2.19. The molecule has 0 aliphatic carbocycles. The molecule has 0 amide bonds. The fraction of sp³-hybridized carbons (Fsp3) is 0.400. The van der Waals surface area contributed by atoms with Crippen LogP contribution in [0.2, 0.25) is 0 Å². The van der Waals surface area contributed by atoms with Crippen LogP contribution in [0.3, 0.4) is 0 Å². The van der Waals surface area contributed by atoms with E-state index in [9.17, 15) is 0 Å². The lowest BCUT2D eigenvalue weighted by molar-refractivity contribution is 0.830. The van der Waals surface area contributed by atoms with Gasteiger partial charge in [0.25, 0.3) is 0 Å². The van der Waals surface area contributed by atoms with Crippen molar-refractivity contribution in [3.8, 4) is 5.69 Å². The molecular weight excluding hydrogens is 296 g/mol. The standard InChI is InChI=1S/C20H26N4/c1-6-7-10-21-19-18-15(4)12-24(20(18)23-16(5)22-19)17-9-8-13(2)11-14(17)3/h8-9,11-12H,6-7,10H2,1-5H3,(H,21,22,23). The SMILES string of the molecule is CCCCNc1nc(C)nc2c1c(C)cn2-c1ccc(C)cc1C. The van der Waals surface area contributed by atoms with Crippen LogP contribution in [0.25, 0.3) is 16.7 Å². The maximum atomic E-state index is 4.74. The number of rotatable bonds is 5. The third-order valence-electron chi connectivity index (χ3n) is 4.38. The van der Waals surface area contributed by atoms with E-state index in [1.807, 2.05) is 6.92 Å². The first-order valence-electron chi connectivity index (χ1n) is 8.69. The Morgan fingerprint density at radius 1 is 1.04 bits per heavy atom. The van der Waals surface area contributed by atoms with Crippen LogP contribution in [0.5, 0.6) is 0 Å². The van der Waals surface area contributed by atoms with Crippen molar-refractivity contribution in [2.24, 2.45) is 0 Å². The van der Waals surface area contributed by atoms with Gasteiger partial charge in [0, 0.05) is 18.4 Å². The average Bonchev–Trinajstić information content (AvgIpc) is 2.84. The number of benzene rings is 1. The third kappa shape index (κ3) is 3.01. The number of nitrogens with one attached hydrogen (secondary N) is 1. The van der Waals surface area contributed by atoms with Crippen LogP contribution in [0.1, 0.15) is 42.3 Å². The molecule has 0 saturated carbocycles. The molecular formula is C20H26N4. The largest absolute Gasteiger partial charge is 0.369 e. The van der Waals surface area contributed by atoms with Crippen molar-refractivity contribution in [2.45, 2.75) is 47.5 Å². The molecule has 1 aromatic carbocycles. The van der Waals surface area contributed by atoms with Crippen molar-refractivity contribution >= 4 is 16.9 Å². The maximum Gasteiger partial charge on any atom is 0.150 e. The van der Waals surface area contributed by atoms with E-state index in [0.717, 1.165) is 35.6 Å². The molecule has 0 unspecified atom stereocenters. The van der Waals surface area contributed by atoms with Gasteiger partial charge in [-0.25, -0.2) is 9.97 Å². The zero-order valence-electron chi connectivity index (χ0n) is 15.3. The average molecular weight is 322 g/mol. The maximum absolute atomic E-state index is 4.74. The number of nitrogens with zero attached hydrogens (tertiary/aromatic N) is 3. The van der Waals surface area contributed by atoms with Gasteiger partial charge in [0.15, 0.2) is 5.65 Å². The first-order valence-corrected chi connectivity index (χ1v) is 8.69. The summed E-state index contributed by atoms with van der Waals surface area (Å²) in [6.07, 6.45) is 4.48. The number of fused-ring (bicyclic) bond motifs is 1. The van der Waals surface area contributed by atoms with Crippen molar-refractivity contribution in [3.63, 3.8) is 0 Å². The van der Waals surface area contributed by atoms with Gasteiger partial charge in [0.1, 0.15) is 11.6 Å². The Kier molecular flexibility index (Phi) is 4.56. The minimum absolute atomic E-state index is 0.797. The topological polar surface area (TPSA) is 42.7 Å². The van der Waals surface area contributed by atoms with E-state index >= 15 is 0 Å². The molecule has 0 spiro atoms. The summed E-state index contributed by atoms with van der Waals surface area (Å²) in [4.78, 5) is 9.38. The molecule has 24 heavy (non-hydrogen) atoms. The van der Waals surface area contributed by atoms with E-state index in [0.29, 0.717) is 0 Å². The minimum Gasteiger partial charge on any atom is -0.369 e. The second-order valence-electron chi connectivity index (χ2n) is 6.57. The first-order chi connectivity index (χ1) is 11.5. The van der Waals surface area contributed by atoms with Crippen molar-refractivity contribution in [2.75, 3.05) is 11.9 Å². The zero-order valence-corrected chi connectivity index (χ0v) is 15.3. The Hall–Kier alpha value is -2.36. The Bertz CT molecular complexity index is 877. The van der Waals surface area contributed by atoms with E-state index in [1.54, 1.807) is 0 Å². The number of hydrogen-bond acceptors (Lipinski definition) is 3. The summed E-state index contributed by atoms with van der Waals surface area (Å²) in [7, 11) is 0. The van der Waals surface area contributed by atoms with Gasteiger partial charge >= 0.3 is 0 Å². The van der Waals surface area contributed by atoms with E-state index in [1.165, 1.54) is 28.8 Å². The summed E-state index contributed by atoms with van der Waals surface area (Å²) in [6.45, 7) is 11.5. The van der Waals surface area contributed by atoms with Crippen LogP contribution in [-0.4, -0.2) is 21.1 Å². The fourth-order valence-electron chi connectivity index (χ4n) is 3.19. The van der Waals surface area contributed by atoms with E-state index in [4.69, 9.17) is 4.98 Å². The van der Waals surface area contributed by atoms with E-state index in [2.05, 4.69) is 67.0 Å². The predicted octanol–water partition coefficient (Wildman–Crippen LogP) is 4.87. The van der Waals surface area contributed by atoms with Gasteiger partial charge < -0.3 is 9.88 Å². The summed E-state index contributed by atoms with van der Waals surface area (Å²) in [5.74, 6) is 1.75. The van der Waals surface area contributed by atoms with Crippen molar-refractivity contribution in [1.82, 2.24) is 14.5 Å². The lowest BCUT2D eigenvalue weighted by Gasteiger charge is -2.11. The smallest absolute Gasteiger partial charge is 0.150 e. The number of hydrogen-bond donors (Lipinski definition) is 1. The molecule has 1 N–H and O–H groups in total. The Labute approximate surface area is 143 Å². The molecule has 0 radical (unpaired) electrons. The number of aromatic nitrogens is 3. The molecule has 4 heteroatoms. The van der Waals surface area contributed by atoms with Gasteiger partial charge in [0.2, 0.25) is 0 Å². The normalized spacial score (nSPS) is 11.2. The molecule has 0 fully saturated rings. The summed E-state index contributed by atoms with van der Waals surface area (Å²) >= 11 is 0. The predicted molar refractivity (Wildman–Crippen MR) is 101 cm³/mol. The lowest BCUT2D eigenvalue weighted by atomic mass is 10.1. The van der Waals surface area contributed by atoms with Crippen molar-refractivity contribution < 1.29 is 0 Å². The number of anilines is 1. The van der Waals surface area contributed by atoms with E-state index in [-0.39, 0.29) is 0 Å². The Morgan fingerprint density at radius 2 is 1.83 bits per heavy atom. The highest BCUT2D eigenvalue weighted by Crippen LogP contribution is 2.29. The zero-order chi connectivity index (χ0) is 17.3. The van der Waals surface area contributed by atoms with Gasteiger partial charge in [-0.1, -0.05) is 31.0 Å². The second-order valence-corrected chi connectivity index (χ2v) is 6.57. The molecule has 0 bridgehead atoms. The van der Waals surface area contributed by atoms with Crippen LogP contribution in [0.4, 0.5) is 5.82 Å². The molecule has 2 heterocycles. The van der Waals surface area contributed by atoms with Gasteiger partial charge in [-0.15, -0.1) is 0 Å². The molecule has 0 atom stereocenters. The fourth-order valence-corrected chi connectivity index (χ4v) is 3.19. The number of unbranched alkanes of at least 4 members (excludes halogenated alkanes) is 1. The molecule has 4 nitrogen and oxygen atoms in total. The highest BCUT2D eigenvalue weighted by atomic mass is 15.1. The summed E-state index contributed by atoms with van der Waals surface area (Å²) in [6, 6.07) is 6.54. The third-order valence-corrected chi connectivity index (χ3v) is 4.38. The quantitative estimate of drug-likeness (QED) is 0.682. The minimum atomic E-state index is 0.797. The molecule has 3 rings (SSSR count). The van der Waals surface area contributed by atoms with Crippen LogP contribution in [-0.2, 0) is 0 Å². The Balaban J connectivity index is 2.17. The highest BCUT2D eigenvalue weighted by Gasteiger charge is 2.15. The highest BCUT2D eigenvalue weighted by molar-refractivity contribution is 5.92. The van der Waals surface area contributed by atoms with Crippen LogP contribution < -0.4 is 5.32 Å². The summed E-state index contributed by atoms with van der Waals surface area (Å²) in [5, 5.41) is 4.62. The van der Waals surface area contributed by atoms with Crippen LogP contribution in [0, 0.1) is 27.7 Å². The van der Waals surface area contributed by atoms with Crippen molar-refractivity contribution in [3.05, 3.63) is 46.9 Å². The second kappa shape index (κ2) is 6.63. The molecule has 0 aliphatic heterocycles. The van der Waals surface area contributed by atoms with Gasteiger partial charge in [-0.2, -0.15) is 0 Å². The first kappa shape index (κ1) is 16.5. The van der Waals surface area contributed by atoms with E-state index < -0.39 is 0 Å². The lowest BCUT2D eigenvalue weighted by Crippen LogP contribution is -2.06. The van der Waals surface area contributed by atoms with Gasteiger partial charge in [-0.05, 0) is 51.3 Å². The molecule has 3 aromatic rings. The monoisotopic (exact) mass is 322 g/mol. The molecule has 0 saturated heterocycles. The van der Waals surface area contributed by atoms with Crippen LogP contribution in [0.15, 0.2) is 24.4 Å². The van der Waals surface area contributed by atoms with Gasteiger partial charge in [0.05, 0.1) is 5.39 Å². The summed E-state index contributed by atoms with van der Waals surface area (Å²) in [5.41, 5.74) is 5.88. The molecule has 2 aromatic heterocycles. The van der Waals surface area contributed by atoms with Crippen molar-refractivity contribution in [1.29, 1.82) is 0 Å². The van der Waals surface area contributed by atoms with Crippen LogP contribution >= 0.6 is 0 Å². The number of aryl methyl sites for hydroxylation is 4. The molecule has 0 aliphatic rings. The Morgan fingerprint density at radius 3 is 2.54 bits per heavy atom. The van der Waals surface area contributed by atoms with Gasteiger partial charge in [-0.3, -0.25) is 0 Å². The molecule has 126 valence electrons.